The topological polar surface area (TPSA) is 0 Å². The molecule has 0 radical (unpaired) electrons. The zero-order valence-corrected chi connectivity index (χ0v) is 19.4. The minimum atomic E-state index is -0.815. The normalized spacial score (nSPS) is 11.1. The Kier molecular flexibility index (Phi) is 9.94. The van der Waals surface area contributed by atoms with Crippen molar-refractivity contribution in [1.82, 2.24) is 0 Å². The van der Waals surface area contributed by atoms with Crippen LogP contribution >= 0.6 is 0 Å². The molecule has 3 rings (SSSR count). The first-order valence-electron chi connectivity index (χ1n) is 12.3. The number of unbranched alkanes of at least 4 members (excludes halogenated alkanes) is 9. The molecule has 3 aromatic carbocycles. The SMILES string of the molecule is CCCCCCCCCCCCc1ccc(-c2ccc(-c3cccc(F)c3F)cc2)cc1. The van der Waals surface area contributed by atoms with Crippen molar-refractivity contribution in [1.29, 1.82) is 0 Å². The molecule has 0 heterocycles. The highest BCUT2D eigenvalue weighted by molar-refractivity contribution is 5.70. The van der Waals surface area contributed by atoms with E-state index >= 15 is 0 Å². The fourth-order valence-electron chi connectivity index (χ4n) is 4.25. The van der Waals surface area contributed by atoms with Gasteiger partial charge in [0.15, 0.2) is 11.6 Å². The van der Waals surface area contributed by atoms with Crippen LogP contribution in [0.25, 0.3) is 22.3 Å². The van der Waals surface area contributed by atoms with E-state index in [0.717, 1.165) is 23.6 Å². The minimum absolute atomic E-state index is 0.295. The van der Waals surface area contributed by atoms with E-state index in [9.17, 15) is 8.78 Å². The predicted octanol–water partition coefficient (Wildman–Crippen LogP) is 9.76. The third-order valence-electron chi connectivity index (χ3n) is 6.25. The molecule has 0 saturated heterocycles. The maximum atomic E-state index is 14.0. The van der Waals surface area contributed by atoms with Crippen molar-refractivity contribution < 1.29 is 8.78 Å². The molecule has 0 aliphatic rings. The van der Waals surface area contributed by atoms with Crippen LogP contribution in [0.15, 0.2) is 66.7 Å². The third kappa shape index (κ3) is 7.29. The van der Waals surface area contributed by atoms with Crippen molar-refractivity contribution in [2.75, 3.05) is 0 Å². The van der Waals surface area contributed by atoms with E-state index in [-0.39, 0.29) is 0 Å². The summed E-state index contributed by atoms with van der Waals surface area (Å²) in [6.45, 7) is 2.27. The Balaban J connectivity index is 1.42. The van der Waals surface area contributed by atoms with E-state index < -0.39 is 11.6 Å². The smallest absolute Gasteiger partial charge is 0.166 e. The van der Waals surface area contributed by atoms with Crippen molar-refractivity contribution >= 4 is 0 Å². The molecule has 0 amide bonds. The van der Waals surface area contributed by atoms with Crippen LogP contribution in [-0.4, -0.2) is 0 Å². The van der Waals surface area contributed by atoms with Crippen molar-refractivity contribution in [3.63, 3.8) is 0 Å². The van der Waals surface area contributed by atoms with E-state index in [4.69, 9.17) is 0 Å². The van der Waals surface area contributed by atoms with Crippen molar-refractivity contribution in [2.45, 2.75) is 77.6 Å². The molecule has 0 atom stereocenters. The molecular formula is C30H36F2. The minimum Gasteiger partial charge on any atom is -0.204 e. The van der Waals surface area contributed by atoms with Gasteiger partial charge >= 0.3 is 0 Å². The summed E-state index contributed by atoms with van der Waals surface area (Å²) in [5.74, 6) is -1.61. The van der Waals surface area contributed by atoms with Gasteiger partial charge in [0.25, 0.3) is 0 Å². The maximum Gasteiger partial charge on any atom is 0.166 e. The fourth-order valence-corrected chi connectivity index (χ4v) is 4.25. The van der Waals surface area contributed by atoms with E-state index in [2.05, 4.69) is 31.2 Å². The molecular weight excluding hydrogens is 398 g/mol. The Labute approximate surface area is 192 Å². The molecule has 32 heavy (non-hydrogen) atoms. The number of hydrogen-bond acceptors (Lipinski definition) is 0. The molecule has 0 nitrogen and oxygen atoms in total. The van der Waals surface area contributed by atoms with Crippen LogP contribution in [0.1, 0.15) is 76.7 Å². The monoisotopic (exact) mass is 434 g/mol. The van der Waals surface area contributed by atoms with Gasteiger partial charge in [0.2, 0.25) is 0 Å². The Morgan fingerprint density at radius 2 is 1.03 bits per heavy atom. The van der Waals surface area contributed by atoms with Crippen LogP contribution in [0.5, 0.6) is 0 Å². The largest absolute Gasteiger partial charge is 0.204 e. The van der Waals surface area contributed by atoms with Crippen LogP contribution in [0.2, 0.25) is 0 Å². The van der Waals surface area contributed by atoms with Gasteiger partial charge in [-0.15, -0.1) is 0 Å². The Bertz CT molecular complexity index is 926. The molecule has 3 aromatic rings. The standard InChI is InChI=1S/C30H36F2/c1-2-3-4-5-6-7-8-9-10-11-13-24-16-18-25(19-17-24)26-20-22-27(23-21-26)28-14-12-15-29(31)30(28)32/h12,14-23H,2-11,13H2,1H3. The summed E-state index contributed by atoms with van der Waals surface area (Å²) in [7, 11) is 0. The van der Waals surface area contributed by atoms with Crippen molar-refractivity contribution in [3.8, 4) is 22.3 Å². The van der Waals surface area contributed by atoms with E-state index in [1.807, 2.05) is 24.3 Å². The summed E-state index contributed by atoms with van der Waals surface area (Å²) in [4.78, 5) is 0. The average molecular weight is 435 g/mol. The lowest BCUT2D eigenvalue weighted by atomic mass is 9.98. The van der Waals surface area contributed by atoms with Gasteiger partial charge in [0.1, 0.15) is 0 Å². The molecule has 0 saturated carbocycles. The molecule has 0 unspecified atom stereocenters. The van der Waals surface area contributed by atoms with Gasteiger partial charge in [-0.25, -0.2) is 8.78 Å². The molecule has 0 N–H and O–H groups in total. The molecule has 0 bridgehead atoms. The first kappa shape index (κ1) is 24.2. The Morgan fingerprint density at radius 3 is 1.62 bits per heavy atom. The Hall–Kier alpha value is -2.48. The van der Waals surface area contributed by atoms with Crippen LogP contribution < -0.4 is 0 Å². The zero-order valence-electron chi connectivity index (χ0n) is 19.4. The third-order valence-corrected chi connectivity index (χ3v) is 6.25. The quantitative estimate of drug-likeness (QED) is 0.235. The molecule has 0 aromatic heterocycles. The predicted molar refractivity (Wildman–Crippen MR) is 133 cm³/mol. The summed E-state index contributed by atoms with van der Waals surface area (Å²) >= 11 is 0. The van der Waals surface area contributed by atoms with E-state index in [0.29, 0.717) is 11.1 Å². The number of aryl methyl sites for hydroxylation is 1. The molecule has 0 spiro atoms. The van der Waals surface area contributed by atoms with E-state index in [1.54, 1.807) is 6.07 Å². The number of halogens is 2. The van der Waals surface area contributed by atoms with Crippen molar-refractivity contribution in [3.05, 3.63) is 83.9 Å². The molecule has 0 aliphatic carbocycles. The van der Waals surface area contributed by atoms with Crippen LogP contribution in [0.3, 0.4) is 0 Å². The first-order chi connectivity index (χ1) is 15.7. The summed E-state index contributed by atoms with van der Waals surface area (Å²) in [5, 5.41) is 0. The first-order valence-corrected chi connectivity index (χ1v) is 12.3. The summed E-state index contributed by atoms with van der Waals surface area (Å²) < 4.78 is 27.5. The van der Waals surface area contributed by atoms with Gasteiger partial charge in [0, 0.05) is 5.56 Å². The second-order valence-electron chi connectivity index (χ2n) is 8.81. The van der Waals surface area contributed by atoms with Gasteiger partial charge < -0.3 is 0 Å². The van der Waals surface area contributed by atoms with Gasteiger partial charge in [-0.2, -0.15) is 0 Å². The fraction of sp³-hybridized carbons (Fsp3) is 0.400. The maximum absolute atomic E-state index is 14.0. The van der Waals surface area contributed by atoms with Crippen LogP contribution in [0, 0.1) is 11.6 Å². The zero-order chi connectivity index (χ0) is 22.6. The van der Waals surface area contributed by atoms with Gasteiger partial charge in [-0.3, -0.25) is 0 Å². The second kappa shape index (κ2) is 13.2. The van der Waals surface area contributed by atoms with Crippen LogP contribution in [0.4, 0.5) is 8.78 Å². The summed E-state index contributed by atoms with van der Waals surface area (Å²) in [6.07, 6.45) is 14.7. The van der Waals surface area contributed by atoms with Gasteiger partial charge in [-0.05, 0) is 41.2 Å². The van der Waals surface area contributed by atoms with Crippen molar-refractivity contribution in [2.24, 2.45) is 0 Å². The summed E-state index contributed by atoms with van der Waals surface area (Å²) in [5.41, 5.74) is 4.58. The highest BCUT2D eigenvalue weighted by Gasteiger charge is 2.09. The highest BCUT2D eigenvalue weighted by atomic mass is 19.2. The summed E-state index contributed by atoms with van der Waals surface area (Å²) in [6, 6.07) is 20.7. The molecule has 2 heteroatoms. The average Bonchev–Trinajstić information content (AvgIpc) is 2.83. The number of hydrogen-bond donors (Lipinski definition) is 0. The van der Waals surface area contributed by atoms with E-state index in [1.165, 1.54) is 75.8 Å². The number of benzene rings is 3. The number of rotatable bonds is 13. The Morgan fingerprint density at radius 1 is 0.531 bits per heavy atom. The lowest BCUT2D eigenvalue weighted by Crippen LogP contribution is -1.89. The lowest BCUT2D eigenvalue weighted by molar-refractivity contribution is 0.511. The lowest BCUT2D eigenvalue weighted by Gasteiger charge is -2.08. The molecule has 170 valence electrons. The molecule has 0 fully saturated rings. The van der Waals surface area contributed by atoms with Crippen LogP contribution in [-0.2, 0) is 6.42 Å². The van der Waals surface area contributed by atoms with Gasteiger partial charge in [0.05, 0.1) is 0 Å². The van der Waals surface area contributed by atoms with Gasteiger partial charge in [-0.1, -0.05) is 125 Å². The molecule has 0 aliphatic heterocycles. The highest BCUT2D eigenvalue weighted by Crippen LogP contribution is 2.28. The second-order valence-corrected chi connectivity index (χ2v) is 8.81.